The molecular formula is C42H44F2N7O22P3S. The van der Waals surface area contributed by atoms with Gasteiger partial charge in [0.25, 0.3) is 0 Å². The predicted molar refractivity (Wildman–Crippen MR) is 260 cm³/mol. The molecule has 0 bridgehead atoms. The average molecular weight is 1160 g/mol. The summed E-state index contributed by atoms with van der Waals surface area (Å²) >= 11 is 0.688. The van der Waals surface area contributed by atoms with Crippen molar-refractivity contribution in [2.45, 2.75) is 50.9 Å². The highest BCUT2D eigenvalue weighted by molar-refractivity contribution is 8.14. The smallest absolute Gasteiger partial charge is 0.481 e. The number of carboxylic acid groups (broad SMARTS) is 1. The molecule has 0 saturated carbocycles. The fraction of sp³-hybridized carbons (Fsp3) is 0.333. The first kappa shape index (κ1) is 58.5. The van der Waals surface area contributed by atoms with Crippen molar-refractivity contribution in [3.05, 3.63) is 88.1 Å². The van der Waals surface area contributed by atoms with Crippen molar-refractivity contribution >= 4 is 86.1 Å². The number of benzene rings is 3. The quantitative estimate of drug-likeness (QED) is 0.0264. The van der Waals surface area contributed by atoms with Crippen LogP contribution in [0.5, 0.6) is 5.75 Å². The normalized spacial score (nSPS) is 19.0. The van der Waals surface area contributed by atoms with Gasteiger partial charge < -0.3 is 65.5 Å². The van der Waals surface area contributed by atoms with E-state index in [-0.39, 0.29) is 81.2 Å². The Morgan fingerprint density at radius 3 is 2.36 bits per heavy atom. The first-order valence-electron chi connectivity index (χ1n) is 22.0. The monoisotopic (exact) mass is 1160 g/mol. The van der Waals surface area contributed by atoms with E-state index in [0.717, 1.165) is 47.6 Å². The van der Waals surface area contributed by atoms with Crippen LogP contribution in [-0.2, 0) is 45.9 Å². The van der Waals surface area contributed by atoms with Crippen LogP contribution in [0.4, 0.5) is 14.6 Å². The number of hydrogen-bond donors (Lipinski definition) is 11. The molecule has 35 heteroatoms. The van der Waals surface area contributed by atoms with Crippen LogP contribution in [0.3, 0.4) is 0 Å². The fourth-order valence-corrected chi connectivity index (χ4v) is 11.1. The van der Waals surface area contributed by atoms with Crippen molar-refractivity contribution in [2.24, 2.45) is 5.41 Å². The number of carbonyl (C=O) groups excluding carboxylic acids is 3. The number of amides is 2. The number of fused-ring (bicyclic) bond motifs is 3. The van der Waals surface area contributed by atoms with Crippen LogP contribution in [0.1, 0.15) is 47.2 Å². The van der Waals surface area contributed by atoms with Crippen molar-refractivity contribution in [3.63, 3.8) is 0 Å². The van der Waals surface area contributed by atoms with Gasteiger partial charge in [-0.1, -0.05) is 31.7 Å². The van der Waals surface area contributed by atoms with Crippen molar-refractivity contribution in [2.75, 3.05) is 37.8 Å². The van der Waals surface area contributed by atoms with Crippen molar-refractivity contribution in [1.82, 2.24) is 30.2 Å². The zero-order valence-electron chi connectivity index (χ0n) is 39.5. The van der Waals surface area contributed by atoms with Crippen LogP contribution < -0.4 is 21.8 Å². The highest BCUT2D eigenvalue weighted by Gasteiger charge is 2.50. The van der Waals surface area contributed by atoms with Gasteiger partial charge in [0.2, 0.25) is 22.4 Å². The van der Waals surface area contributed by atoms with Crippen molar-refractivity contribution in [3.8, 4) is 28.2 Å². The van der Waals surface area contributed by atoms with Gasteiger partial charge >= 0.3 is 29.4 Å². The second-order valence-corrected chi connectivity index (χ2v) is 22.6. The summed E-state index contributed by atoms with van der Waals surface area (Å²) in [6.45, 7) is -0.253. The van der Waals surface area contributed by atoms with Gasteiger partial charge in [-0.2, -0.15) is 4.31 Å². The van der Waals surface area contributed by atoms with Gasteiger partial charge in [0.15, 0.2) is 35.1 Å². The van der Waals surface area contributed by atoms with Crippen LogP contribution in [-0.4, -0.2) is 139 Å². The van der Waals surface area contributed by atoms with E-state index in [0.29, 0.717) is 11.8 Å². The molecule has 0 radical (unpaired) electrons. The van der Waals surface area contributed by atoms with E-state index in [1.54, 1.807) is 0 Å². The summed E-state index contributed by atoms with van der Waals surface area (Å²) in [5.41, 5.74) is 1.98. The number of carboxylic acids is 1. The van der Waals surface area contributed by atoms with Crippen LogP contribution in [0.25, 0.3) is 44.6 Å². The maximum Gasteiger partial charge on any atom is 0.481 e. The fourth-order valence-electron chi connectivity index (χ4n) is 7.61. The summed E-state index contributed by atoms with van der Waals surface area (Å²) in [4.78, 5) is 114. The number of aromatic hydroxyl groups is 1. The first-order chi connectivity index (χ1) is 36.0. The van der Waals surface area contributed by atoms with Crippen molar-refractivity contribution in [1.29, 1.82) is 0 Å². The predicted octanol–water partition coefficient (Wildman–Crippen LogP) is 2.54. The number of aromatic nitrogens is 4. The minimum Gasteiger partial charge on any atom is -0.505 e. The molecule has 0 spiro atoms. The molecule has 29 nitrogen and oxygen atoms in total. The molecule has 77 heavy (non-hydrogen) atoms. The molecule has 4 heterocycles. The highest BCUT2D eigenvalue weighted by atomic mass is 32.2. The van der Waals surface area contributed by atoms with Crippen LogP contribution in [0, 0.1) is 17.0 Å². The number of anilines is 1. The van der Waals surface area contributed by atoms with Crippen molar-refractivity contribution < 1.29 is 109 Å². The minimum atomic E-state index is -5.66. The number of aliphatic hydroxyl groups is 2. The summed E-state index contributed by atoms with van der Waals surface area (Å²) in [6, 6.07) is 6.83. The number of nitrogens with one attached hydrogen (secondary N) is 2. The molecule has 7 rings (SSSR count). The molecule has 2 aliphatic heterocycles. The second kappa shape index (κ2) is 23.0. The minimum absolute atomic E-state index is 0.00455. The Hall–Kier alpha value is -6.18. The number of phenols is 1. The lowest BCUT2D eigenvalue weighted by molar-refractivity contribution is -0.137. The molecule has 1 aliphatic carbocycles. The molecule has 1 fully saturated rings. The molecular weight excluding hydrogens is 1120 g/mol. The molecule has 2 amide bonds. The van der Waals surface area contributed by atoms with Gasteiger partial charge in [0, 0.05) is 64.9 Å². The number of phenolic OH excluding ortho intramolecular Hbond substituents is 1. The van der Waals surface area contributed by atoms with Gasteiger partial charge in [0.1, 0.15) is 47.6 Å². The number of nitrogens with two attached hydrogens (primary N) is 1. The van der Waals surface area contributed by atoms with Gasteiger partial charge in [-0.3, -0.25) is 37.3 Å². The number of hydrogen-bond acceptors (Lipinski definition) is 22. The third kappa shape index (κ3) is 13.8. The van der Waals surface area contributed by atoms with E-state index in [9.17, 15) is 86.4 Å². The largest absolute Gasteiger partial charge is 0.505 e. The number of aliphatic hydroxyl groups excluding tert-OH is 2. The third-order valence-corrected chi connectivity index (χ3v) is 15.3. The number of thioether (sulfide) groups is 1. The summed E-state index contributed by atoms with van der Waals surface area (Å²) in [6.07, 6.45) is -7.48. The Balaban J connectivity index is 0.862. The number of halogens is 2. The highest BCUT2D eigenvalue weighted by Crippen LogP contribution is 2.61. The number of phosphoric acid groups is 3. The second-order valence-electron chi connectivity index (χ2n) is 17.3. The molecule has 7 atom stereocenters. The van der Waals surface area contributed by atoms with Gasteiger partial charge in [-0.15, -0.1) is 0 Å². The zero-order chi connectivity index (χ0) is 56.5. The van der Waals surface area contributed by atoms with E-state index in [4.69, 9.17) is 23.9 Å². The number of imidazole rings is 1. The van der Waals surface area contributed by atoms with Gasteiger partial charge in [0.05, 0.1) is 25.1 Å². The Morgan fingerprint density at radius 2 is 1.66 bits per heavy atom. The van der Waals surface area contributed by atoms with Gasteiger partial charge in [-0.05, 0) is 29.8 Å². The average Bonchev–Trinajstić information content (AvgIpc) is 3.91. The molecule has 2 aromatic carbocycles. The number of phosphoric ester groups is 3. The number of carbonyl (C=O) groups is 4. The molecule has 2 aromatic heterocycles. The SMILES string of the molecule is CC(C)(COP(=O)(O)OP(=O)(O)OCC1OC(n2cnc3c(N)ncnc32)C(O)C1OP(=O)(O)O)C(O)C(=O)NCCC(=O)NCCSC(=O)c1ccc(-c2c3cc(F)c(=O)cc-3oc3cc(O)c(F)cc23)c(C(=O)O)c1. The standard InChI is InChI=1S/C42H44F2N7O22P3S/c1-42(2,15-69-76(66,67)73-75(64,65)68-14-29-34(72-74(61,62)63)33(55)39(71-29)51-17-50-32-36(45)48-16-49-37(32)51)35(56)38(57)47-6-5-30(54)46-7-8-77-41(60)18-3-4-19(20(9-18)40(58)59)31-21-10-23(43)25(52)12-27(21)70-28-13-26(53)24(44)11-22(28)31/h3-4,9-13,16-17,29,33-35,39,52,55-56H,5-8,14-15H2,1-2H3,(H,46,54)(H,47,57)(H,58,59)(H,64,65)(H,66,67)(H2,45,48,49)(H2,61,62,63). The number of ether oxygens (including phenoxy) is 1. The molecule has 4 aromatic rings. The number of nitrogens with zero attached hydrogens (tertiary/aromatic N) is 4. The molecule has 12 N–H and O–H groups in total. The third-order valence-electron chi connectivity index (χ3n) is 11.3. The maximum absolute atomic E-state index is 14.6. The molecule has 7 unspecified atom stereocenters. The zero-order valence-corrected chi connectivity index (χ0v) is 43.0. The van der Waals surface area contributed by atoms with Crippen LogP contribution in [0.15, 0.2) is 64.3 Å². The number of rotatable bonds is 22. The number of nitrogen functional groups attached to an aromatic ring is 1. The Kier molecular flexibility index (Phi) is 17.5. The van der Waals surface area contributed by atoms with Crippen LogP contribution >= 0.6 is 35.2 Å². The van der Waals surface area contributed by atoms with E-state index < -0.39 is 124 Å². The topological polar surface area (TPSA) is 451 Å². The Labute approximate surface area is 434 Å². The molecule has 3 aliphatic rings. The van der Waals surface area contributed by atoms with Crippen LogP contribution in [0.2, 0.25) is 0 Å². The molecule has 414 valence electrons. The Bertz CT molecular complexity index is 3470. The number of aromatic carboxylic acids is 1. The lowest BCUT2D eigenvalue weighted by atomic mass is 9.87. The van der Waals surface area contributed by atoms with Gasteiger partial charge in [-0.25, -0.2) is 42.2 Å². The maximum atomic E-state index is 14.6. The van der Waals surface area contributed by atoms with E-state index in [2.05, 4.69) is 34.4 Å². The Morgan fingerprint density at radius 1 is 0.948 bits per heavy atom. The lowest BCUT2D eigenvalue weighted by Crippen LogP contribution is -2.46. The summed E-state index contributed by atoms with van der Waals surface area (Å²) in [5.74, 6) is -6.73. The van der Waals surface area contributed by atoms with E-state index in [1.165, 1.54) is 26.0 Å². The summed E-state index contributed by atoms with van der Waals surface area (Å²) in [7, 11) is -16.6. The summed E-state index contributed by atoms with van der Waals surface area (Å²) in [5, 5.41) is 45.9. The molecule has 1 saturated heterocycles. The summed E-state index contributed by atoms with van der Waals surface area (Å²) < 4.78 is 97.2. The van der Waals surface area contributed by atoms with E-state index >= 15 is 0 Å². The van der Waals surface area contributed by atoms with E-state index in [1.807, 2.05) is 0 Å². The lowest BCUT2D eigenvalue weighted by Gasteiger charge is -2.30. The first-order valence-corrected chi connectivity index (χ1v) is 27.5.